The van der Waals surface area contributed by atoms with Crippen LogP contribution in [0, 0.1) is 0 Å². The lowest BCUT2D eigenvalue weighted by Gasteiger charge is -2.15. The van der Waals surface area contributed by atoms with Gasteiger partial charge < -0.3 is 20.9 Å². The van der Waals surface area contributed by atoms with E-state index in [-0.39, 0.29) is 12.7 Å². The predicted molar refractivity (Wildman–Crippen MR) is 106 cm³/mol. The Bertz CT molecular complexity index is 821. The molecule has 0 saturated carbocycles. The number of nitrogens with two attached hydrogens (primary N) is 2. The Morgan fingerprint density at radius 2 is 2.11 bits per heavy atom. The molecule has 27 heavy (non-hydrogen) atoms. The van der Waals surface area contributed by atoms with E-state index in [2.05, 4.69) is 6.58 Å². The van der Waals surface area contributed by atoms with Crippen molar-refractivity contribution in [2.75, 3.05) is 18.1 Å². The summed E-state index contributed by atoms with van der Waals surface area (Å²) in [5, 5.41) is 0. The van der Waals surface area contributed by atoms with E-state index in [4.69, 9.17) is 20.9 Å². The van der Waals surface area contributed by atoms with Gasteiger partial charge in [-0.1, -0.05) is 24.8 Å². The van der Waals surface area contributed by atoms with Crippen LogP contribution >= 0.6 is 0 Å². The standard InChI is InChI=1S/C21H24N2O4/c1-14(2)21(25)27-18-8-3-15(4-9-18)5-10-20(24)26-12-11-16-6-7-17(22)13-19(16)23/h3-8,10,13,18H,1,9,11-12,22-23H2,2H3/b10-5+. The highest BCUT2D eigenvalue weighted by molar-refractivity contribution is 5.87. The fraction of sp³-hybridized carbons (Fsp3) is 0.238. The number of nitrogen functional groups attached to an aromatic ring is 2. The highest BCUT2D eigenvalue weighted by Gasteiger charge is 2.13. The third-order valence-corrected chi connectivity index (χ3v) is 3.89. The minimum atomic E-state index is -0.436. The van der Waals surface area contributed by atoms with E-state index in [9.17, 15) is 9.59 Å². The van der Waals surface area contributed by atoms with Crippen molar-refractivity contribution in [2.24, 2.45) is 0 Å². The Morgan fingerprint density at radius 3 is 2.74 bits per heavy atom. The molecular formula is C21H24N2O4. The first kappa shape index (κ1) is 20.0. The molecule has 0 radical (unpaired) electrons. The second kappa shape index (κ2) is 9.43. The maximum absolute atomic E-state index is 11.8. The third kappa shape index (κ3) is 6.51. The van der Waals surface area contributed by atoms with Gasteiger partial charge in [-0.05, 0) is 42.3 Å². The zero-order valence-corrected chi connectivity index (χ0v) is 15.3. The van der Waals surface area contributed by atoms with Gasteiger partial charge in [0, 0.05) is 35.9 Å². The molecule has 1 aliphatic rings. The molecular weight excluding hydrogens is 344 g/mol. The number of carbonyl (C=O) groups is 2. The van der Waals surface area contributed by atoms with Crippen molar-refractivity contribution in [2.45, 2.75) is 25.9 Å². The zero-order valence-electron chi connectivity index (χ0n) is 15.3. The van der Waals surface area contributed by atoms with Crippen LogP contribution in [-0.2, 0) is 25.5 Å². The molecule has 0 saturated heterocycles. The second-order valence-corrected chi connectivity index (χ2v) is 6.23. The number of anilines is 2. The molecule has 1 aromatic carbocycles. The summed E-state index contributed by atoms with van der Waals surface area (Å²) >= 11 is 0. The van der Waals surface area contributed by atoms with E-state index < -0.39 is 11.9 Å². The number of hydrogen-bond donors (Lipinski definition) is 2. The summed E-state index contributed by atoms with van der Waals surface area (Å²) in [5.41, 5.74) is 14.8. The van der Waals surface area contributed by atoms with Gasteiger partial charge in [0.2, 0.25) is 0 Å². The van der Waals surface area contributed by atoms with Crippen molar-refractivity contribution in [3.63, 3.8) is 0 Å². The van der Waals surface area contributed by atoms with E-state index in [1.165, 1.54) is 6.08 Å². The Balaban J connectivity index is 1.75. The van der Waals surface area contributed by atoms with Crippen LogP contribution in [0.1, 0.15) is 18.9 Å². The van der Waals surface area contributed by atoms with Gasteiger partial charge >= 0.3 is 11.9 Å². The van der Waals surface area contributed by atoms with Gasteiger partial charge in [-0.3, -0.25) is 0 Å². The Labute approximate surface area is 158 Å². The summed E-state index contributed by atoms with van der Waals surface area (Å²) in [6.45, 7) is 5.38. The van der Waals surface area contributed by atoms with Gasteiger partial charge in [-0.2, -0.15) is 0 Å². The maximum atomic E-state index is 11.8. The van der Waals surface area contributed by atoms with Crippen LogP contribution in [0.25, 0.3) is 0 Å². The monoisotopic (exact) mass is 368 g/mol. The fourth-order valence-electron chi connectivity index (χ4n) is 2.38. The SMILES string of the molecule is C=C(C)C(=O)OC1C=CC(/C=C/C(=O)OCCc2ccc(N)cc2N)=CC1. The van der Waals surface area contributed by atoms with Crippen LogP contribution < -0.4 is 11.5 Å². The third-order valence-electron chi connectivity index (χ3n) is 3.89. The number of esters is 2. The van der Waals surface area contributed by atoms with E-state index in [1.54, 1.807) is 37.3 Å². The lowest BCUT2D eigenvalue weighted by Crippen LogP contribution is -2.17. The predicted octanol–water partition coefficient (Wildman–Crippen LogP) is 2.87. The number of ether oxygens (including phenoxy) is 2. The van der Waals surface area contributed by atoms with E-state index in [1.807, 2.05) is 12.1 Å². The topological polar surface area (TPSA) is 105 Å². The first-order chi connectivity index (χ1) is 12.8. The van der Waals surface area contributed by atoms with Crippen molar-refractivity contribution >= 4 is 23.3 Å². The summed E-state index contributed by atoms with van der Waals surface area (Å²) in [7, 11) is 0. The van der Waals surface area contributed by atoms with Crippen molar-refractivity contribution in [1.82, 2.24) is 0 Å². The molecule has 0 bridgehead atoms. The summed E-state index contributed by atoms with van der Waals surface area (Å²) in [6.07, 6.45) is 9.22. The van der Waals surface area contributed by atoms with E-state index in [0.29, 0.717) is 29.8 Å². The molecule has 0 aliphatic heterocycles. The van der Waals surface area contributed by atoms with Crippen LogP contribution in [0.5, 0.6) is 0 Å². The molecule has 0 spiro atoms. The molecule has 1 atom stereocenters. The smallest absolute Gasteiger partial charge is 0.333 e. The van der Waals surface area contributed by atoms with Gasteiger partial charge in [0.25, 0.3) is 0 Å². The number of allylic oxidation sites excluding steroid dienone is 3. The molecule has 2 rings (SSSR count). The number of rotatable bonds is 7. The molecule has 0 heterocycles. The van der Waals surface area contributed by atoms with Crippen LogP contribution in [0.3, 0.4) is 0 Å². The van der Waals surface area contributed by atoms with Gasteiger partial charge in [0.15, 0.2) is 0 Å². The molecule has 6 heteroatoms. The van der Waals surface area contributed by atoms with Gasteiger partial charge in [-0.15, -0.1) is 0 Å². The minimum Gasteiger partial charge on any atom is -0.462 e. The molecule has 1 unspecified atom stereocenters. The molecule has 1 aromatic rings. The molecule has 1 aliphatic carbocycles. The average Bonchev–Trinajstić information content (AvgIpc) is 2.63. The normalized spacial score (nSPS) is 16.0. The van der Waals surface area contributed by atoms with Crippen LogP contribution in [-0.4, -0.2) is 24.6 Å². The number of carbonyl (C=O) groups excluding carboxylic acids is 2. The van der Waals surface area contributed by atoms with Gasteiger partial charge in [0.1, 0.15) is 6.10 Å². The Hall–Kier alpha value is -3.28. The van der Waals surface area contributed by atoms with Crippen LogP contribution in [0.15, 0.2) is 66.3 Å². The molecule has 142 valence electrons. The van der Waals surface area contributed by atoms with Gasteiger partial charge in [0.05, 0.1) is 6.61 Å². The molecule has 0 amide bonds. The van der Waals surface area contributed by atoms with Crippen molar-refractivity contribution < 1.29 is 19.1 Å². The first-order valence-corrected chi connectivity index (χ1v) is 8.58. The van der Waals surface area contributed by atoms with E-state index >= 15 is 0 Å². The van der Waals surface area contributed by atoms with Gasteiger partial charge in [-0.25, -0.2) is 9.59 Å². The van der Waals surface area contributed by atoms with Crippen molar-refractivity contribution in [3.05, 3.63) is 71.9 Å². The lowest BCUT2D eigenvalue weighted by atomic mass is 10.0. The fourth-order valence-corrected chi connectivity index (χ4v) is 2.38. The Morgan fingerprint density at radius 1 is 1.33 bits per heavy atom. The first-order valence-electron chi connectivity index (χ1n) is 8.58. The quantitative estimate of drug-likeness (QED) is 0.436. The van der Waals surface area contributed by atoms with E-state index in [0.717, 1.165) is 11.1 Å². The molecule has 0 fully saturated rings. The number of benzene rings is 1. The minimum absolute atomic E-state index is 0.227. The molecule has 0 aromatic heterocycles. The van der Waals surface area contributed by atoms with Crippen LogP contribution in [0.2, 0.25) is 0 Å². The summed E-state index contributed by atoms with van der Waals surface area (Å²) < 4.78 is 10.4. The summed E-state index contributed by atoms with van der Waals surface area (Å²) in [6, 6.07) is 5.26. The largest absolute Gasteiger partial charge is 0.462 e. The second-order valence-electron chi connectivity index (χ2n) is 6.23. The summed E-state index contributed by atoms with van der Waals surface area (Å²) in [4.78, 5) is 23.3. The zero-order chi connectivity index (χ0) is 19.8. The molecule has 6 nitrogen and oxygen atoms in total. The van der Waals surface area contributed by atoms with Crippen molar-refractivity contribution in [1.29, 1.82) is 0 Å². The highest BCUT2D eigenvalue weighted by atomic mass is 16.5. The highest BCUT2D eigenvalue weighted by Crippen LogP contribution is 2.17. The lowest BCUT2D eigenvalue weighted by molar-refractivity contribution is -0.142. The average molecular weight is 368 g/mol. The Kier molecular flexibility index (Phi) is 7.00. The molecule has 4 N–H and O–H groups in total. The van der Waals surface area contributed by atoms with Crippen molar-refractivity contribution in [3.8, 4) is 0 Å². The summed E-state index contributed by atoms with van der Waals surface area (Å²) in [5.74, 6) is -0.850. The number of hydrogen-bond acceptors (Lipinski definition) is 6. The van der Waals surface area contributed by atoms with Crippen LogP contribution in [0.4, 0.5) is 11.4 Å². The maximum Gasteiger partial charge on any atom is 0.333 e.